The highest BCUT2D eigenvalue weighted by Gasteiger charge is 2.26. The van der Waals surface area contributed by atoms with E-state index in [0.29, 0.717) is 32.0 Å². The highest BCUT2D eigenvalue weighted by Crippen LogP contribution is 2.18. The first-order valence-electron chi connectivity index (χ1n) is 8.25. The van der Waals surface area contributed by atoms with Gasteiger partial charge in [-0.3, -0.25) is 19.8 Å². The molecule has 0 spiro atoms. The third-order valence-corrected chi connectivity index (χ3v) is 3.79. The van der Waals surface area contributed by atoms with Crippen LogP contribution in [0.2, 0.25) is 0 Å². The van der Waals surface area contributed by atoms with Crippen LogP contribution in [0.25, 0.3) is 0 Å². The number of carboxylic acids is 1. The van der Waals surface area contributed by atoms with Crippen LogP contribution in [0.15, 0.2) is 24.3 Å². The molecule has 3 N–H and O–H groups in total. The van der Waals surface area contributed by atoms with Gasteiger partial charge in [-0.25, -0.2) is 0 Å². The molecule has 1 aromatic carbocycles. The maximum atomic E-state index is 11.7. The van der Waals surface area contributed by atoms with E-state index < -0.39 is 16.9 Å². The molecule has 1 rings (SSSR count). The van der Waals surface area contributed by atoms with Crippen LogP contribution in [-0.2, 0) is 11.3 Å². The first-order valence-corrected chi connectivity index (χ1v) is 8.25. The number of nitrogens with zero attached hydrogens (tertiary/aromatic N) is 2. The molecule has 0 aromatic heterocycles. The summed E-state index contributed by atoms with van der Waals surface area (Å²) in [5.41, 5.74) is 6.39. The number of rotatable bonds is 11. The second kappa shape index (κ2) is 10.00. The van der Waals surface area contributed by atoms with Gasteiger partial charge in [-0.1, -0.05) is 32.4 Å². The summed E-state index contributed by atoms with van der Waals surface area (Å²) in [5, 5.41) is 20.3. The normalized spacial score (nSPS) is 12.5. The lowest BCUT2D eigenvalue weighted by molar-refractivity contribution is -0.384. The fourth-order valence-corrected chi connectivity index (χ4v) is 2.67. The summed E-state index contributed by atoms with van der Waals surface area (Å²) in [6, 6.07) is 5.70. The minimum atomic E-state index is -0.838. The Bertz CT molecular complexity index is 531. The van der Waals surface area contributed by atoms with E-state index in [0.717, 1.165) is 18.4 Å². The van der Waals surface area contributed by atoms with E-state index in [1.807, 2.05) is 18.7 Å². The average molecular weight is 337 g/mol. The van der Waals surface area contributed by atoms with E-state index in [1.54, 1.807) is 12.1 Å². The Morgan fingerprint density at radius 3 is 2.38 bits per heavy atom. The van der Waals surface area contributed by atoms with Crippen molar-refractivity contribution in [2.45, 2.75) is 45.7 Å². The SMILES string of the molecule is CC(C)CN(Cc1ccc([N+](=O)[O-])cc1)[C@H](CCCCN)C(=O)O. The number of nitrogens with two attached hydrogens (primary N) is 1. The molecule has 7 heteroatoms. The maximum Gasteiger partial charge on any atom is 0.320 e. The predicted molar refractivity (Wildman–Crippen MR) is 92.7 cm³/mol. The summed E-state index contributed by atoms with van der Waals surface area (Å²) in [6.45, 7) is 5.74. The first kappa shape index (κ1) is 20.1. The summed E-state index contributed by atoms with van der Waals surface area (Å²) in [6.07, 6.45) is 2.12. The van der Waals surface area contributed by atoms with E-state index in [4.69, 9.17) is 5.73 Å². The van der Waals surface area contributed by atoms with Crippen LogP contribution >= 0.6 is 0 Å². The van der Waals surface area contributed by atoms with Crippen LogP contribution in [0, 0.1) is 16.0 Å². The zero-order chi connectivity index (χ0) is 18.1. The van der Waals surface area contributed by atoms with E-state index in [9.17, 15) is 20.0 Å². The van der Waals surface area contributed by atoms with Crippen molar-refractivity contribution in [2.24, 2.45) is 11.7 Å². The molecule has 1 atom stereocenters. The zero-order valence-electron chi connectivity index (χ0n) is 14.4. The van der Waals surface area contributed by atoms with Crippen molar-refractivity contribution in [1.82, 2.24) is 4.90 Å². The number of hydrogen-bond donors (Lipinski definition) is 2. The molecular formula is C17H27N3O4. The van der Waals surface area contributed by atoms with Gasteiger partial charge in [0.25, 0.3) is 5.69 Å². The number of aliphatic carboxylic acids is 1. The fraction of sp³-hybridized carbons (Fsp3) is 0.588. The second-order valence-corrected chi connectivity index (χ2v) is 6.39. The number of benzene rings is 1. The lowest BCUT2D eigenvalue weighted by atomic mass is 10.0. The summed E-state index contributed by atoms with van der Waals surface area (Å²) in [5.74, 6) is -0.519. The van der Waals surface area contributed by atoms with Gasteiger partial charge in [-0.15, -0.1) is 0 Å². The Kier molecular flexibility index (Phi) is 8.35. The third kappa shape index (κ3) is 6.64. The molecule has 0 saturated heterocycles. The van der Waals surface area contributed by atoms with E-state index in [1.165, 1.54) is 12.1 Å². The van der Waals surface area contributed by atoms with Crippen molar-refractivity contribution >= 4 is 11.7 Å². The van der Waals surface area contributed by atoms with E-state index in [2.05, 4.69) is 0 Å². The number of non-ortho nitro benzene ring substituents is 1. The van der Waals surface area contributed by atoms with E-state index >= 15 is 0 Å². The van der Waals surface area contributed by atoms with Gasteiger partial charge in [0.15, 0.2) is 0 Å². The monoisotopic (exact) mass is 337 g/mol. The van der Waals surface area contributed by atoms with Gasteiger partial charge < -0.3 is 10.8 Å². The van der Waals surface area contributed by atoms with Crippen molar-refractivity contribution in [3.05, 3.63) is 39.9 Å². The van der Waals surface area contributed by atoms with Gasteiger partial charge >= 0.3 is 5.97 Å². The standard InChI is InChI=1S/C17H27N3O4/c1-13(2)11-19(16(17(21)22)5-3-4-10-18)12-14-6-8-15(9-7-14)20(23)24/h6-9,13,16H,3-5,10-12,18H2,1-2H3,(H,21,22)/t16-/m1/s1. The number of carbonyl (C=O) groups is 1. The third-order valence-electron chi connectivity index (χ3n) is 3.79. The quantitative estimate of drug-likeness (QED) is 0.365. The molecule has 0 aliphatic heterocycles. The van der Waals surface area contributed by atoms with Crippen LogP contribution in [0.5, 0.6) is 0 Å². The van der Waals surface area contributed by atoms with Crippen molar-refractivity contribution in [3.8, 4) is 0 Å². The molecule has 0 radical (unpaired) electrons. The lowest BCUT2D eigenvalue weighted by Gasteiger charge is -2.30. The van der Waals surface area contributed by atoms with E-state index in [-0.39, 0.29) is 5.69 Å². The molecule has 0 heterocycles. The van der Waals surface area contributed by atoms with Gasteiger partial charge in [0.1, 0.15) is 6.04 Å². The Labute approximate surface area is 142 Å². The number of nitro groups is 1. The number of unbranched alkanes of at least 4 members (excludes halogenated alkanes) is 1. The second-order valence-electron chi connectivity index (χ2n) is 6.39. The fourth-order valence-electron chi connectivity index (χ4n) is 2.67. The summed E-state index contributed by atoms with van der Waals surface area (Å²) in [4.78, 5) is 23.9. The molecule has 0 amide bonds. The largest absolute Gasteiger partial charge is 0.480 e. The van der Waals surface area contributed by atoms with Gasteiger partial charge in [0.05, 0.1) is 4.92 Å². The minimum absolute atomic E-state index is 0.0342. The summed E-state index contributed by atoms with van der Waals surface area (Å²) in [7, 11) is 0. The van der Waals surface area contributed by atoms with Gasteiger partial charge in [0.2, 0.25) is 0 Å². The van der Waals surface area contributed by atoms with Crippen LogP contribution < -0.4 is 5.73 Å². The summed E-state index contributed by atoms with van der Waals surface area (Å²) >= 11 is 0. The molecule has 0 bridgehead atoms. The van der Waals surface area contributed by atoms with Gasteiger partial charge in [-0.2, -0.15) is 0 Å². The van der Waals surface area contributed by atoms with Crippen molar-refractivity contribution < 1.29 is 14.8 Å². The van der Waals surface area contributed by atoms with Crippen LogP contribution in [0.4, 0.5) is 5.69 Å². The predicted octanol–water partition coefficient (Wildman–Crippen LogP) is 2.63. The smallest absolute Gasteiger partial charge is 0.320 e. The molecule has 134 valence electrons. The lowest BCUT2D eigenvalue weighted by Crippen LogP contribution is -2.42. The molecule has 0 saturated carbocycles. The molecule has 1 aromatic rings. The maximum absolute atomic E-state index is 11.7. The van der Waals surface area contributed by atoms with Crippen LogP contribution in [0.1, 0.15) is 38.7 Å². The van der Waals surface area contributed by atoms with Crippen LogP contribution in [-0.4, -0.2) is 40.0 Å². The molecule has 0 fully saturated rings. The Morgan fingerprint density at radius 2 is 1.92 bits per heavy atom. The van der Waals surface area contributed by atoms with Crippen LogP contribution in [0.3, 0.4) is 0 Å². The Hall–Kier alpha value is -1.99. The highest BCUT2D eigenvalue weighted by molar-refractivity contribution is 5.73. The molecule has 0 aliphatic carbocycles. The van der Waals surface area contributed by atoms with Gasteiger partial charge in [-0.05, 0) is 30.9 Å². The molecule has 24 heavy (non-hydrogen) atoms. The number of nitro benzene ring substituents is 1. The highest BCUT2D eigenvalue weighted by atomic mass is 16.6. The molecule has 0 unspecified atom stereocenters. The number of carboxylic acid groups (broad SMARTS) is 1. The molecular weight excluding hydrogens is 310 g/mol. The summed E-state index contributed by atoms with van der Waals surface area (Å²) < 4.78 is 0. The van der Waals surface area contributed by atoms with Crippen molar-refractivity contribution in [2.75, 3.05) is 13.1 Å². The van der Waals surface area contributed by atoms with Crippen molar-refractivity contribution in [1.29, 1.82) is 0 Å². The number of hydrogen-bond acceptors (Lipinski definition) is 5. The molecule has 7 nitrogen and oxygen atoms in total. The molecule has 0 aliphatic rings. The first-order chi connectivity index (χ1) is 11.3. The minimum Gasteiger partial charge on any atom is -0.480 e. The van der Waals surface area contributed by atoms with Gasteiger partial charge in [0, 0.05) is 25.2 Å². The average Bonchev–Trinajstić information content (AvgIpc) is 2.50. The van der Waals surface area contributed by atoms with Crippen molar-refractivity contribution in [3.63, 3.8) is 0 Å². The zero-order valence-corrected chi connectivity index (χ0v) is 14.4. The topological polar surface area (TPSA) is 110 Å². The Morgan fingerprint density at radius 1 is 1.29 bits per heavy atom. The Balaban J connectivity index is 2.88.